The number of halogens is 1. The van der Waals surface area contributed by atoms with Crippen molar-refractivity contribution >= 4 is 108 Å². The summed E-state index contributed by atoms with van der Waals surface area (Å²) in [4.78, 5) is 97.8. The van der Waals surface area contributed by atoms with Crippen molar-refractivity contribution in [3.8, 4) is 0 Å². The first-order chi connectivity index (χ1) is 36.2. The van der Waals surface area contributed by atoms with Gasteiger partial charge < -0.3 is 78.9 Å². The summed E-state index contributed by atoms with van der Waals surface area (Å²) in [7, 11) is -19.5. The van der Waals surface area contributed by atoms with E-state index in [4.69, 9.17) is 59.0 Å². The minimum Gasteiger partial charge on any atom is -0.387 e. The molecule has 10 unspecified atom stereocenters. The second-order valence-electron chi connectivity index (χ2n) is 16.6. The van der Waals surface area contributed by atoms with E-state index >= 15 is 0 Å². The summed E-state index contributed by atoms with van der Waals surface area (Å²) in [5.74, 6) is -0.699. The molecule has 9 rings (SSSR count). The van der Waals surface area contributed by atoms with E-state index in [1.165, 1.54) is 21.1 Å². The van der Waals surface area contributed by atoms with E-state index in [1.54, 1.807) is 14.3 Å². The van der Waals surface area contributed by atoms with Gasteiger partial charge in [0, 0.05) is 42.3 Å². The van der Waals surface area contributed by atoms with Crippen molar-refractivity contribution in [1.29, 1.82) is 0 Å². The summed E-state index contributed by atoms with van der Waals surface area (Å²) >= 11 is -1.06. The number of imidazole rings is 2. The van der Waals surface area contributed by atoms with Crippen molar-refractivity contribution in [2.75, 3.05) is 66.3 Å². The molecular formula is C33H46IN15O24P4. The Morgan fingerprint density at radius 1 is 0.649 bits per heavy atom. The average molecular weight is 1290 g/mol. The number of ether oxygens (including phenoxy) is 5. The lowest BCUT2D eigenvalue weighted by Gasteiger charge is -2.33. The lowest BCUT2D eigenvalue weighted by molar-refractivity contribution is -0.0625. The molecule has 77 heavy (non-hydrogen) atoms. The van der Waals surface area contributed by atoms with Crippen molar-refractivity contribution in [3.63, 3.8) is 0 Å². The maximum Gasteiger partial charge on any atom is 0.490 e. The van der Waals surface area contributed by atoms with Crippen LogP contribution in [0.3, 0.4) is 0 Å². The molecule has 15 N–H and O–H groups in total. The number of phosphoric ester groups is 3. The number of hydrogen-bond donors (Lipinski definition) is 12. The number of aromatic nitrogens is 10. The minimum absolute atomic E-state index is 0.0208. The highest BCUT2D eigenvalue weighted by atomic mass is 127. The first kappa shape index (κ1) is 57.3. The number of rotatable bonds is 20. The first-order valence-electron chi connectivity index (χ1n) is 21.7. The van der Waals surface area contributed by atoms with Crippen LogP contribution in [0, 0.1) is 0 Å². The summed E-state index contributed by atoms with van der Waals surface area (Å²) in [5.41, 5.74) is 16.0. The number of aliphatic hydroxyl groups excluding tert-OH is 3. The largest absolute Gasteiger partial charge is 0.490 e. The molecule has 0 radical (unpaired) electrons. The number of H-pyrrole nitrogens is 2. The molecule has 0 spiro atoms. The maximum absolute atomic E-state index is 13.8. The fourth-order valence-corrected chi connectivity index (χ4v) is 14.8. The summed E-state index contributed by atoms with van der Waals surface area (Å²) < 4.78 is 116. The molecule has 4 aliphatic heterocycles. The zero-order valence-electron chi connectivity index (χ0n) is 39.3. The molecule has 3 fully saturated rings. The van der Waals surface area contributed by atoms with E-state index in [2.05, 4.69) is 48.5 Å². The number of hydrogen-bond acceptors (Lipinski definition) is 31. The number of anilines is 5. The van der Waals surface area contributed by atoms with Crippen LogP contribution >= 0.6 is 52.3 Å². The monoisotopic (exact) mass is 1290 g/mol. The van der Waals surface area contributed by atoms with Crippen LogP contribution in [0.15, 0.2) is 28.6 Å². The van der Waals surface area contributed by atoms with Gasteiger partial charge in [0.25, 0.3) is 11.1 Å². The number of nitrogens with one attached hydrogen (secondary N) is 2. The topological polar surface area (TPSA) is 549 Å². The third-order valence-electron chi connectivity index (χ3n) is 11.8. The number of nitrogens with zero attached hydrogens (tertiary/aromatic N) is 10. The summed E-state index contributed by atoms with van der Waals surface area (Å²) in [6.07, 6.45) is -15.6. The molecule has 16 atom stereocenters. The Morgan fingerprint density at radius 3 is 1.86 bits per heavy atom. The van der Waals surface area contributed by atoms with Gasteiger partial charge in [0.05, 0.1) is 36.6 Å². The van der Waals surface area contributed by atoms with Crippen molar-refractivity contribution in [2.24, 2.45) is 0 Å². The third-order valence-corrected chi connectivity index (χ3v) is 19.2. The fraction of sp³-hybridized carbons (Fsp3) is 0.545. The first-order valence-corrected chi connectivity index (χ1v) is 29.9. The summed E-state index contributed by atoms with van der Waals surface area (Å²) in [6, 6.07) is 0. The number of nitrogen functional groups attached to an aromatic ring is 3. The zero-order chi connectivity index (χ0) is 55.7. The van der Waals surface area contributed by atoms with Crippen molar-refractivity contribution in [2.45, 2.75) is 73.6 Å². The molecule has 0 bridgehead atoms. The molecule has 9 heterocycles. The van der Waals surface area contributed by atoms with Crippen LogP contribution in [-0.2, 0) is 68.7 Å². The number of aromatic amines is 2. The molecule has 0 amide bonds. The SMILES string of the molecule is COC1C(O)[C@@H](COP(=O)(O)OC2C(OC)[C@H](n3cnc4c(N)ncnc43)O[C@@H]2COP(=O)(O)OP(=O)(O)OP(=O)(O)OC[C@H]2O[C@@H](N3C=IN(C)c4c3nc(N)[nH]c4=O)C(O)C2O)O[C@H]1n1cnc2c(=O)[nH]c(N)nc21. The highest BCUT2D eigenvalue weighted by Gasteiger charge is 2.54. The Balaban J connectivity index is 0.861. The fourth-order valence-electron chi connectivity index (χ4n) is 8.38. The number of phosphoric acid groups is 4. The van der Waals surface area contributed by atoms with Gasteiger partial charge in [-0.15, -0.1) is 0 Å². The second kappa shape index (κ2) is 21.9. The molecule has 5 aromatic rings. The molecule has 5 aromatic heterocycles. The van der Waals surface area contributed by atoms with E-state index in [0.29, 0.717) is 0 Å². The van der Waals surface area contributed by atoms with Gasteiger partial charge in [0.15, 0.2) is 52.8 Å². The molecule has 0 aliphatic carbocycles. The van der Waals surface area contributed by atoms with E-state index < -0.39 is 157 Å². The summed E-state index contributed by atoms with van der Waals surface area (Å²) in [6.45, 7) is -3.28. The molecule has 0 aromatic carbocycles. The van der Waals surface area contributed by atoms with Crippen LogP contribution in [0.2, 0.25) is 0 Å². The molecule has 39 nitrogen and oxygen atoms in total. The minimum atomic E-state index is -6.20. The van der Waals surface area contributed by atoms with Gasteiger partial charge in [0.1, 0.15) is 66.8 Å². The number of methoxy groups -OCH3 is 2. The smallest absolute Gasteiger partial charge is 0.387 e. The predicted octanol–water partition coefficient (Wildman–Crippen LogP) is -3.11. The van der Waals surface area contributed by atoms with Crippen molar-refractivity contribution < 1.29 is 104 Å². The van der Waals surface area contributed by atoms with E-state index in [-0.39, 0.29) is 51.5 Å². The average Bonchev–Trinajstić information content (AvgIpc) is 4.17. The third kappa shape index (κ3) is 11.8. The van der Waals surface area contributed by atoms with Gasteiger partial charge in [-0.3, -0.25) is 51.7 Å². The van der Waals surface area contributed by atoms with Crippen LogP contribution in [0.25, 0.3) is 22.3 Å². The van der Waals surface area contributed by atoms with Gasteiger partial charge in [0.2, 0.25) is 11.9 Å². The highest BCUT2D eigenvalue weighted by molar-refractivity contribution is 14.2. The van der Waals surface area contributed by atoms with E-state index in [1.807, 2.05) is 0 Å². The quantitative estimate of drug-likeness (QED) is 0.0209. The molecule has 0 saturated carbocycles. The lowest BCUT2D eigenvalue weighted by atomic mass is 10.1. The maximum atomic E-state index is 13.8. The molecule has 3 saturated heterocycles. The number of aliphatic hydroxyl groups is 3. The van der Waals surface area contributed by atoms with E-state index in [9.17, 15) is 62.7 Å². The Hall–Kier alpha value is -4.42. The van der Waals surface area contributed by atoms with Gasteiger partial charge in [-0.25, -0.2) is 38.2 Å². The van der Waals surface area contributed by atoms with Crippen LogP contribution in [0.5, 0.6) is 0 Å². The van der Waals surface area contributed by atoms with Gasteiger partial charge in [-0.2, -0.15) is 18.6 Å². The second-order valence-corrected chi connectivity index (χ2v) is 25.2. The zero-order valence-corrected chi connectivity index (χ0v) is 45.0. The molecular weight excluding hydrogens is 1240 g/mol. The Kier molecular flexibility index (Phi) is 16.3. The van der Waals surface area contributed by atoms with Gasteiger partial charge in [-0.05, 0) is 0 Å². The Bertz CT molecular complexity index is 3390. The molecule has 4 aliphatic rings. The van der Waals surface area contributed by atoms with Crippen LogP contribution in [0.4, 0.5) is 29.2 Å². The predicted molar refractivity (Wildman–Crippen MR) is 263 cm³/mol. The van der Waals surface area contributed by atoms with Gasteiger partial charge in [-0.1, -0.05) is 0 Å². The normalized spacial score (nSPS) is 30.7. The highest BCUT2D eigenvalue weighted by Crippen LogP contribution is 2.68. The van der Waals surface area contributed by atoms with E-state index in [0.717, 1.165) is 26.1 Å². The standard InChI is InChI=1S/C33H46IN15O24P4/c1-46-16-26(43-33(37)45-28(16)54)47(7-34-46)29-19(52)17(50)11(68-29)4-66-75(57,58)72-77(61,62)73-76(59,60)67-6-13-20(22(64-3)31(70-13)48-9-40-14-23(35)38-8-39-24(14)48)71-74(55,56)65-5-12-18(51)21(63-2)30(69-12)49-10-41-15-25(49)42-32(36)44-27(15)53/h7-13,17-22,29-31,50-52H,4-6H2,1-3H3,(H,55,56)(H,57,58)(H,59,60)(H,61,62)(H2,35,38,39)(H3,36,42,44,53)(H3,37,43,45,54)/t11-,12-,13-,17?,18?,19?,20?,21?,22?,29-,30-,31-/m1/s1. The van der Waals surface area contributed by atoms with Crippen LogP contribution in [-0.4, -0.2) is 190 Å². The summed E-state index contributed by atoms with van der Waals surface area (Å²) in [5, 5.41) is 32.8. The lowest BCUT2D eigenvalue weighted by Crippen LogP contribution is -2.46. The Labute approximate surface area is 438 Å². The number of fused-ring (bicyclic) bond motifs is 3. The van der Waals surface area contributed by atoms with Crippen molar-refractivity contribution in [3.05, 3.63) is 39.7 Å². The molecule has 44 heteroatoms. The van der Waals surface area contributed by atoms with Crippen LogP contribution < -0.4 is 36.3 Å². The van der Waals surface area contributed by atoms with Gasteiger partial charge >= 0.3 is 31.3 Å². The number of nitrogens with two attached hydrogens (primary N) is 3. The Morgan fingerprint density at radius 2 is 1.19 bits per heavy atom. The van der Waals surface area contributed by atoms with Crippen LogP contribution in [0.1, 0.15) is 12.5 Å². The molecule has 424 valence electrons. The van der Waals surface area contributed by atoms with Crippen molar-refractivity contribution in [1.82, 2.24) is 49.0 Å².